The largest absolute Gasteiger partial charge is 0.490 e. The molecule has 0 radical (unpaired) electrons. The van der Waals surface area contributed by atoms with E-state index in [1.165, 1.54) is 0 Å². The highest BCUT2D eigenvalue weighted by Gasteiger charge is 2.18. The number of nitrogen functional groups attached to an aromatic ring is 1. The number of amides is 1. The fraction of sp³-hybridized carbons (Fsp3) is 0.462. The smallest absolute Gasteiger partial charge is 0.254 e. The molecular formula is C13H18N2O3. The minimum atomic E-state index is -0.183. The molecule has 5 heteroatoms. The number of carbonyl (C=O) groups is 1. The molecule has 1 amide bonds. The molecule has 1 aromatic rings. The maximum absolute atomic E-state index is 11.7. The molecule has 0 saturated carbocycles. The van der Waals surface area contributed by atoms with Gasteiger partial charge in [-0.15, -0.1) is 0 Å². The number of hydrogen-bond acceptors (Lipinski definition) is 4. The highest BCUT2D eigenvalue weighted by molar-refractivity contribution is 5.97. The molecule has 1 atom stereocenters. The Kier molecular flexibility index (Phi) is 4.04. The van der Waals surface area contributed by atoms with Gasteiger partial charge < -0.3 is 20.5 Å². The van der Waals surface area contributed by atoms with Gasteiger partial charge in [0.1, 0.15) is 12.4 Å². The lowest BCUT2D eigenvalue weighted by atomic mass is 10.1. The van der Waals surface area contributed by atoms with Crippen LogP contribution in [0.1, 0.15) is 23.2 Å². The highest BCUT2D eigenvalue weighted by atomic mass is 16.5. The van der Waals surface area contributed by atoms with Gasteiger partial charge in [-0.25, -0.2) is 0 Å². The summed E-state index contributed by atoms with van der Waals surface area (Å²) in [6, 6.07) is 5.02. The van der Waals surface area contributed by atoms with Crippen molar-refractivity contribution in [2.75, 3.05) is 26.0 Å². The summed E-state index contributed by atoms with van der Waals surface area (Å²) >= 11 is 0. The number of benzene rings is 1. The summed E-state index contributed by atoms with van der Waals surface area (Å²) in [6.45, 7) is 1.24. The van der Waals surface area contributed by atoms with Crippen LogP contribution in [0.15, 0.2) is 18.2 Å². The fourth-order valence-electron chi connectivity index (χ4n) is 1.94. The van der Waals surface area contributed by atoms with Gasteiger partial charge in [0.2, 0.25) is 0 Å². The summed E-state index contributed by atoms with van der Waals surface area (Å²) < 4.78 is 11.1. The average molecular weight is 250 g/mol. The summed E-state index contributed by atoms with van der Waals surface area (Å²) in [7, 11) is 1.59. The number of anilines is 1. The fourth-order valence-corrected chi connectivity index (χ4v) is 1.94. The van der Waals surface area contributed by atoms with Crippen LogP contribution < -0.4 is 15.8 Å². The molecule has 1 unspecified atom stereocenters. The minimum Gasteiger partial charge on any atom is -0.490 e. The van der Waals surface area contributed by atoms with Crippen molar-refractivity contribution in [3.8, 4) is 5.75 Å². The van der Waals surface area contributed by atoms with Gasteiger partial charge in [-0.3, -0.25) is 4.79 Å². The molecule has 0 aliphatic carbocycles. The molecular weight excluding hydrogens is 232 g/mol. The van der Waals surface area contributed by atoms with E-state index >= 15 is 0 Å². The second-order valence-corrected chi connectivity index (χ2v) is 4.28. The maximum atomic E-state index is 11.7. The third-order valence-electron chi connectivity index (χ3n) is 2.93. The van der Waals surface area contributed by atoms with Gasteiger partial charge in [0.15, 0.2) is 0 Å². The van der Waals surface area contributed by atoms with Crippen LogP contribution in [0.4, 0.5) is 5.69 Å². The molecule has 1 aromatic carbocycles. The van der Waals surface area contributed by atoms with Gasteiger partial charge in [0.05, 0.1) is 11.7 Å². The van der Waals surface area contributed by atoms with E-state index in [1.807, 2.05) is 0 Å². The summed E-state index contributed by atoms with van der Waals surface area (Å²) in [5.41, 5.74) is 6.77. The van der Waals surface area contributed by atoms with Crippen molar-refractivity contribution >= 4 is 11.6 Å². The number of nitrogens with two attached hydrogens (primary N) is 1. The zero-order chi connectivity index (χ0) is 13.0. The molecule has 0 bridgehead atoms. The van der Waals surface area contributed by atoms with Gasteiger partial charge in [0.25, 0.3) is 5.91 Å². The normalized spacial score (nSPS) is 18.6. The Morgan fingerprint density at radius 1 is 1.61 bits per heavy atom. The van der Waals surface area contributed by atoms with Crippen LogP contribution in [-0.2, 0) is 4.74 Å². The molecule has 0 aromatic heterocycles. The zero-order valence-electron chi connectivity index (χ0n) is 10.4. The number of nitrogens with one attached hydrogen (secondary N) is 1. The highest BCUT2D eigenvalue weighted by Crippen LogP contribution is 2.23. The van der Waals surface area contributed by atoms with E-state index in [9.17, 15) is 4.79 Å². The van der Waals surface area contributed by atoms with E-state index in [0.717, 1.165) is 19.4 Å². The van der Waals surface area contributed by atoms with Gasteiger partial charge in [-0.1, -0.05) is 0 Å². The Morgan fingerprint density at radius 2 is 2.44 bits per heavy atom. The number of hydrogen-bond donors (Lipinski definition) is 2. The van der Waals surface area contributed by atoms with Crippen LogP contribution >= 0.6 is 0 Å². The van der Waals surface area contributed by atoms with Crippen LogP contribution in [0.2, 0.25) is 0 Å². The number of rotatable bonds is 4. The summed E-state index contributed by atoms with van der Waals surface area (Å²) in [4.78, 5) is 11.7. The van der Waals surface area contributed by atoms with Crippen LogP contribution in [0.5, 0.6) is 5.75 Å². The average Bonchev–Trinajstić information content (AvgIpc) is 2.88. The first-order valence-electron chi connectivity index (χ1n) is 6.06. The van der Waals surface area contributed by atoms with Crippen molar-refractivity contribution in [2.45, 2.75) is 18.9 Å². The van der Waals surface area contributed by atoms with E-state index in [0.29, 0.717) is 23.6 Å². The standard InChI is InChI=1S/C13H18N2O3/c1-15-13(16)11-5-4-9(14)7-12(11)18-8-10-3-2-6-17-10/h4-5,7,10H,2-3,6,8,14H2,1H3,(H,15,16). The summed E-state index contributed by atoms with van der Waals surface area (Å²) in [6.07, 6.45) is 2.18. The lowest BCUT2D eigenvalue weighted by molar-refractivity contribution is 0.0671. The molecule has 1 fully saturated rings. The first-order chi connectivity index (χ1) is 8.70. The molecule has 1 aliphatic rings. The predicted octanol–water partition coefficient (Wildman–Crippen LogP) is 1.19. The van der Waals surface area contributed by atoms with Crippen LogP contribution in [0.3, 0.4) is 0 Å². The molecule has 3 N–H and O–H groups in total. The number of ether oxygens (including phenoxy) is 2. The molecule has 1 saturated heterocycles. The number of carbonyl (C=O) groups excluding carboxylic acids is 1. The molecule has 5 nitrogen and oxygen atoms in total. The summed E-state index contributed by atoms with van der Waals surface area (Å²) in [5.74, 6) is 0.321. The second kappa shape index (κ2) is 5.73. The zero-order valence-corrected chi connectivity index (χ0v) is 10.4. The van der Waals surface area contributed by atoms with Crippen LogP contribution in [0.25, 0.3) is 0 Å². The van der Waals surface area contributed by atoms with Crippen molar-refractivity contribution < 1.29 is 14.3 Å². The Bertz CT molecular complexity index is 428. The van der Waals surface area contributed by atoms with Gasteiger partial charge in [-0.05, 0) is 25.0 Å². The second-order valence-electron chi connectivity index (χ2n) is 4.28. The topological polar surface area (TPSA) is 73.6 Å². The van der Waals surface area contributed by atoms with Gasteiger partial charge in [0, 0.05) is 25.4 Å². The molecule has 18 heavy (non-hydrogen) atoms. The van der Waals surface area contributed by atoms with Crippen molar-refractivity contribution in [1.29, 1.82) is 0 Å². The SMILES string of the molecule is CNC(=O)c1ccc(N)cc1OCC1CCCO1. The van der Waals surface area contributed by atoms with E-state index in [2.05, 4.69) is 5.32 Å². The third-order valence-corrected chi connectivity index (χ3v) is 2.93. The lowest BCUT2D eigenvalue weighted by Crippen LogP contribution is -2.21. The van der Waals surface area contributed by atoms with E-state index < -0.39 is 0 Å². The Morgan fingerprint density at radius 3 is 3.11 bits per heavy atom. The van der Waals surface area contributed by atoms with Crippen molar-refractivity contribution in [1.82, 2.24) is 5.32 Å². The monoisotopic (exact) mass is 250 g/mol. The first kappa shape index (κ1) is 12.7. The van der Waals surface area contributed by atoms with Gasteiger partial charge in [-0.2, -0.15) is 0 Å². The third kappa shape index (κ3) is 2.92. The van der Waals surface area contributed by atoms with E-state index in [4.69, 9.17) is 15.2 Å². The van der Waals surface area contributed by atoms with Crippen molar-refractivity contribution in [2.24, 2.45) is 0 Å². The maximum Gasteiger partial charge on any atom is 0.254 e. The Hall–Kier alpha value is -1.75. The van der Waals surface area contributed by atoms with Gasteiger partial charge >= 0.3 is 0 Å². The molecule has 0 spiro atoms. The van der Waals surface area contributed by atoms with Crippen molar-refractivity contribution in [3.63, 3.8) is 0 Å². The van der Waals surface area contributed by atoms with Crippen molar-refractivity contribution in [3.05, 3.63) is 23.8 Å². The van der Waals surface area contributed by atoms with E-state index in [-0.39, 0.29) is 12.0 Å². The lowest BCUT2D eigenvalue weighted by Gasteiger charge is -2.14. The molecule has 2 rings (SSSR count). The quantitative estimate of drug-likeness (QED) is 0.787. The Balaban J connectivity index is 2.08. The molecule has 1 aliphatic heterocycles. The molecule has 1 heterocycles. The van der Waals surface area contributed by atoms with Crippen LogP contribution in [0, 0.1) is 0 Å². The van der Waals surface area contributed by atoms with E-state index in [1.54, 1.807) is 25.2 Å². The minimum absolute atomic E-state index is 0.115. The summed E-state index contributed by atoms with van der Waals surface area (Å²) in [5, 5.41) is 2.58. The Labute approximate surface area is 106 Å². The first-order valence-corrected chi connectivity index (χ1v) is 6.06. The molecule has 98 valence electrons. The predicted molar refractivity (Wildman–Crippen MR) is 68.7 cm³/mol. The van der Waals surface area contributed by atoms with Crippen LogP contribution in [-0.4, -0.2) is 32.3 Å².